The molecule has 2 heterocycles. The Bertz CT molecular complexity index is 1360. The van der Waals surface area contributed by atoms with Crippen LogP contribution in [0.4, 0.5) is 34.9 Å². The Labute approximate surface area is 211 Å². The number of nitrogen functional groups attached to an aromatic ring is 1. The first-order chi connectivity index (χ1) is 17.5. The number of aromatic nitrogens is 2. The SMILES string of the molecule is CN1CC[C@@H](N(C)c2ccc(C(F)(F)F)cc2NC(=O)c2cc(C#Cc3cnc(N)nc3)ccc2F)C1. The Morgan fingerprint density at radius 1 is 1.14 bits per heavy atom. The fourth-order valence-corrected chi connectivity index (χ4v) is 4.06. The molecule has 3 aromatic rings. The zero-order valence-corrected chi connectivity index (χ0v) is 20.1. The molecule has 37 heavy (non-hydrogen) atoms. The van der Waals surface area contributed by atoms with Gasteiger partial charge in [0.1, 0.15) is 5.82 Å². The lowest BCUT2D eigenvalue weighted by molar-refractivity contribution is -0.137. The minimum Gasteiger partial charge on any atom is -0.369 e. The molecule has 1 aromatic heterocycles. The quantitative estimate of drug-likeness (QED) is 0.406. The van der Waals surface area contributed by atoms with E-state index in [0.29, 0.717) is 16.8 Å². The third-order valence-electron chi connectivity index (χ3n) is 6.10. The number of hydrogen-bond acceptors (Lipinski definition) is 6. The highest BCUT2D eigenvalue weighted by molar-refractivity contribution is 6.06. The Hall–Kier alpha value is -4.17. The topological polar surface area (TPSA) is 87.4 Å². The number of halogens is 4. The molecule has 1 atom stereocenters. The van der Waals surface area contributed by atoms with Crippen LogP contribution in [-0.4, -0.2) is 54.0 Å². The largest absolute Gasteiger partial charge is 0.416 e. The molecule has 1 aliphatic heterocycles. The average Bonchev–Trinajstić information content (AvgIpc) is 3.29. The Morgan fingerprint density at radius 3 is 2.49 bits per heavy atom. The minimum absolute atomic E-state index is 0.0463. The van der Waals surface area contributed by atoms with Gasteiger partial charge in [0.05, 0.1) is 28.1 Å². The summed E-state index contributed by atoms with van der Waals surface area (Å²) >= 11 is 0. The molecular formula is C26H24F4N6O. The summed E-state index contributed by atoms with van der Waals surface area (Å²) in [5.74, 6) is 3.93. The molecule has 0 bridgehead atoms. The molecule has 1 aliphatic rings. The van der Waals surface area contributed by atoms with Crippen molar-refractivity contribution < 1.29 is 22.4 Å². The summed E-state index contributed by atoms with van der Waals surface area (Å²) in [5.41, 5.74) is 5.29. The molecule has 1 amide bonds. The van der Waals surface area contributed by atoms with E-state index in [1.54, 1.807) is 7.05 Å². The lowest BCUT2D eigenvalue weighted by atomic mass is 10.1. The molecule has 0 radical (unpaired) electrons. The zero-order valence-electron chi connectivity index (χ0n) is 20.1. The van der Waals surface area contributed by atoms with Crippen LogP contribution in [0, 0.1) is 17.7 Å². The molecule has 1 fully saturated rings. The van der Waals surface area contributed by atoms with Crippen molar-refractivity contribution >= 4 is 23.2 Å². The van der Waals surface area contributed by atoms with E-state index in [-0.39, 0.29) is 23.2 Å². The molecule has 192 valence electrons. The normalized spacial score (nSPS) is 15.7. The van der Waals surface area contributed by atoms with Crippen LogP contribution in [0.5, 0.6) is 0 Å². The maximum Gasteiger partial charge on any atom is 0.416 e. The zero-order chi connectivity index (χ0) is 26.7. The summed E-state index contributed by atoms with van der Waals surface area (Å²) in [6, 6.07) is 6.90. The number of amides is 1. The van der Waals surface area contributed by atoms with Crippen molar-refractivity contribution in [2.24, 2.45) is 0 Å². The Morgan fingerprint density at radius 2 is 1.84 bits per heavy atom. The molecule has 7 nitrogen and oxygen atoms in total. The van der Waals surface area contributed by atoms with Crippen LogP contribution in [0.2, 0.25) is 0 Å². The lowest BCUT2D eigenvalue weighted by Gasteiger charge is -2.29. The highest BCUT2D eigenvalue weighted by Gasteiger charge is 2.33. The van der Waals surface area contributed by atoms with Gasteiger partial charge in [0.2, 0.25) is 5.95 Å². The maximum atomic E-state index is 14.6. The number of likely N-dealkylation sites (N-methyl/N-ethyl adjacent to an activating group) is 2. The molecule has 2 aromatic carbocycles. The number of likely N-dealkylation sites (tertiary alicyclic amines) is 1. The number of alkyl halides is 3. The monoisotopic (exact) mass is 512 g/mol. The number of nitrogens with two attached hydrogens (primary N) is 1. The maximum absolute atomic E-state index is 14.6. The van der Waals surface area contributed by atoms with E-state index in [4.69, 9.17) is 5.73 Å². The van der Waals surface area contributed by atoms with Gasteiger partial charge in [-0.2, -0.15) is 13.2 Å². The van der Waals surface area contributed by atoms with E-state index >= 15 is 0 Å². The summed E-state index contributed by atoms with van der Waals surface area (Å²) in [7, 11) is 3.72. The fraction of sp³-hybridized carbons (Fsp3) is 0.269. The molecule has 1 saturated heterocycles. The Kier molecular flexibility index (Phi) is 7.31. The Balaban J connectivity index is 1.64. The highest BCUT2D eigenvalue weighted by atomic mass is 19.4. The summed E-state index contributed by atoms with van der Waals surface area (Å²) in [6.45, 7) is 1.57. The molecule has 0 aliphatic carbocycles. The van der Waals surface area contributed by atoms with Gasteiger partial charge in [0.25, 0.3) is 5.91 Å². The minimum atomic E-state index is -4.61. The third kappa shape index (κ3) is 6.16. The number of nitrogens with one attached hydrogen (secondary N) is 1. The van der Waals surface area contributed by atoms with Gasteiger partial charge >= 0.3 is 6.18 Å². The second kappa shape index (κ2) is 10.4. The van der Waals surface area contributed by atoms with Crippen LogP contribution in [0.15, 0.2) is 48.8 Å². The van der Waals surface area contributed by atoms with Gasteiger partial charge < -0.3 is 20.9 Å². The summed E-state index contributed by atoms with van der Waals surface area (Å²) in [6.07, 6.45) is -0.965. The lowest BCUT2D eigenvalue weighted by Crippen LogP contribution is -2.34. The first-order valence-electron chi connectivity index (χ1n) is 11.3. The van der Waals surface area contributed by atoms with Gasteiger partial charge in [-0.05, 0) is 56.4 Å². The van der Waals surface area contributed by atoms with Gasteiger partial charge in [0, 0.05) is 37.6 Å². The number of carbonyl (C=O) groups is 1. The first-order valence-corrected chi connectivity index (χ1v) is 11.3. The number of benzene rings is 2. The van der Waals surface area contributed by atoms with Crippen molar-refractivity contribution in [2.45, 2.75) is 18.6 Å². The van der Waals surface area contributed by atoms with Crippen molar-refractivity contribution in [3.05, 3.63) is 76.9 Å². The number of nitrogens with zero attached hydrogens (tertiary/aromatic N) is 4. The summed E-state index contributed by atoms with van der Waals surface area (Å²) < 4.78 is 55.0. The predicted octanol–water partition coefficient (Wildman–Crippen LogP) is 4.01. The van der Waals surface area contributed by atoms with Gasteiger partial charge in [-0.25, -0.2) is 14.4 Å². The van der Waals surface area contributed by atoms with E-state index in [1.165, 1.54) is 30.6 Å². The third-order valence-corrected chi connectivity index (χ3v) is 6.10. The first kappa shape index (κ1) is 25.9. The molecule has 0 saturated carbocycles. The van der Waals surface area contributed by atoms with Crippen molar-refractivity contribution in [3.63, 3.8) is 0 Å². The fourth-order valence-electron chi connectivity index (χ4n) is 4.06. The predicted molar refractivity (Wildman–Crippen MR) is 133 cm³/mol. The van der Waals surface area contributed by atoms with Crippen LogP contribution in [0.25, 0.3) is 0 Å². The van der Waals surface area contributed by atoms with Crippen molar-refractivity contribution in [2.75, 3.05) is 43.1 Å². The number of rotatable bonds is 4. The molecular weight excluding hydrogens is 488 g/mol. The number of carbonyl (C=O) groups excluding carboxylic acids is 1. The molecule has 0 spiro atoms. The van der Waals surface area contributed by atoms with Crippen molar-refractivity contribution in [3.8, 4) is 11.8 Å². The van der Waals surface area contributed by atoms with Crippen molar-refractivity contribution in [1.82, 2.24) is 14.9 Å². The highest BCUT2D eigenvalue weighted by Crippen LogP contribution is 2.36. The van der Waals surface area contributed by atoms with E-state index in [2.05, 4.69) is 32.0 Å². The summed E-state index contributed by atoms with van der Waals surface area (Å²) in [5, 5.41) is 2.49. The van der Waals surface area contributed by atoms with Gasteiger partial charge in [0.15, 0.2) is 0 Å². The van der Waals surface area contributed by atoms with E-state index < -0.39 is 23.5 Å². The smallest absolute Gasteiger partial charge is 0.369 e. The number of anilines is 3. The molecule has 11 heteroatoms. The second-order valence-corrected chi connectivity index (χ2v) is 8.77. The summed E-state index contributed by atoms with van der Waals surface area (Å²) in [4.78, 5) is 24.7. The second-order valence-electron chi connectivity index (χ2n) is 8.77. The molecule has 4 rings (SSSR count). The number of hydrogen-bond donors (Lipinski definition) is 2. The van der Waals surface area contributed by atoms with E-state index in [0.717, 1.165) is 37.7 Å². The van der Waals surface area contributed by atoms with Crippen LogP contribution in [0.3, 0.4) is 0 Å². The van der Waals surface area contributed by atoms with Gasteiger partial charge in [-0.3, -0.25) is 4.79 Å². The van der Waals surface area contributed by atoms with Crippen LogP contribution < -0.4 is 16.0 Å². The average molecular weight is 513 g/mol. The van der Waals surface area contributed by atoms with Gasteiger partial charge in [-0.15, -0.1) is 0 Å². The van der Waals surface area contributed by atoms with Crippen LogP contribution in [0.1, 0.15) is 33.5 Å². The van der Waals surface area contributed by atoms with E-state index in [1.807, 2.05) is 11.9 Å². The van der Waals surface area contributed by atoms with E-state index in [9.17, 15) is 22.4 Å². The van der Waals surface area contributed by atoms with Crippen molar-refractivity contribution in [1.29, 1.82) is 0 Å². The molecule has 3 N–H and O–H groups in total. The standard InChI is InChI=1S/C26H24F4N6O/c1-35-10-9-19(15-35)36(2)23-8-6-18(26(28,29)30)12-22(23)34-24(37)20-11-16(5-7-21(20)27)3-4-17-13-32-25(31)33-14-17/h5-8,11-14,19H,9-10,15H2,1-2H3,(H,34,37)(H2,31,32,33)/t19-/m1/s1. The van der Waals surface area contributed by atoms with Gasteiger partial charge in [-0.1, -0.05) is 11.8 Å². The van der Waals surface area contributed by atoms with Crippen LogP contribution in [-0.2, 0) is 6.18 Å². The van der Waals surface area contributed by atoms with Crippen LogP contribution >= 0.6 is 0 Å². The molecule has 0 unspecified atom stereocenters.